The third-order valence-electron chi connectivity index (χ3n) is 1.76. The molecule has 3 heteroatoms. The van der Waals surface area contributed by atoms with Gasteiger partial charge >= 0.3 is 0 Å². The molecule has 13 heavy (non-hydrogen) atoms. The molecule has 0 bridgehead atoms. The highest BCUT2D eigenvalue weighted by Crippen LogP contribution is 2.05. The topological polar surface area (TPSA) is 24.9 Å². The number of aromatic nitrogens is 1. The first kappa shape index (κ1) is 9.96. The van der Waals surface area contributed by atoms with E-state index in [-0.39, 0.29) is 5.82 Å². The van der Waals surface area contributed by atoms with Crippen molar-refractivity contribution >= 4 is 5.82 Å². The Morgan fingerprint density at radius 2 is 2.23 bits per heavy atom. The summed E-state index contributed by atoms with van der Waals surface area (Å²) >= 11 is 0. The van der Waals surface area contributed by atoms with Crippen LogP contribution >= 0.6 is 0 Å². The first-order chi connectivity index (χ1) is 6.18. The molecule has 2 nitrogen and oxygen atoms in total. The molecule has 1 aromatic heterocycles. The van der Waals surface area contributed by atoms with Crippen LogP contribution in [0, 0.1) is 11.7 Å². The van der Waals surface area contributed by atoms with E-state index in [1.807, 2.05) is 0 Å². The summed E-state index contributed by atoms with van der Waals surface area (Å²) in [6.07, 6.45) is 2.32. The highest BCUT2D eigenvalue weighted by atomic mass is 19.1. The molecule has 1 heterocycles. The number of pyridine rings is 1. The average Bonchev–Trinajstić information content (AvgIpc) is 2.08. The second-order valence-electron chi connectivity index (χ2n) is 3.47. The fourth-order valence-electron chi connectivity index (χ4n) is 0.969. The van der Waals surface area contributed by atoms with Crippen molar-refractivity contribution in [3.63, 3.8) is 0 Å². The van der Waals surface area contributed by atoms with Gasteiger partial charge in [0.25, 0.3) is 0 Å². The lowest BCUT2D eigenvalue weighted by Crippen LogP contribution is -2.05. The van der Waals surface area contributed by atoms with E-state index < -0.39 is 0 Å². The SMILES string of the molecule is CC(C)CCNc1ccc(F)cn1. The maximum absolute atomic E-state index is 12.4. The predicted molar refractivity (Wildman–Crippen MR) is 52.1 cm³/mol. The standard InChI is InChI=1S/C10H15FN2/c1-8(2)5-6-12-10-4-3-9(11)7-13-10/h3-4,7-8H,5-6H2,1-2H3,(H,12,13). The van der Waals surface area contributed by atoms with Crippen LogP contribution in [0.25, 0.3) is 0 Å². The van der Waals surface area contributed by atoms with Crippen LogP contribution in [0.3, 0.4) is 0 Å². The van der Waals surface area contributed by atoms with Gasteiger partial charge in [0.2, 0.25) is 0 Å². The molecule has 0 aliphatic rings. The first-order valence-corrected chi connectivity index (χ1v) is 4.54. The normalized spacial score (nSPS) is 10.5. The zero-order valence-electron chi connectivity index (χ0n) is 8.05. The number of nitrogens with zero attached hydrogens (tertiary/aromatic N) is 1. The highest BCUT2D eigenvalue weighted by molar-refractivity contribution is 5.33. The number of hydrogen-bond acceptors (Lipinski definition) is 2. The van der Waals surface area contributed by atoms with E-state index in [4.69, 9.17) is 0 Å². The van der Waals surface area contributed by atoms with Gasteiger partial charge in [-0.05, 0) is 24.5 Å². The Balaban J connectivity index is 2.33. The van der Waals surface area contributed by atoms with Gasteiger partial charge in [0, 0.05) is 6.54 Å². The average molecular weight is 182 g/mol. The zero-order valence-corrected chi connectivity index (χ0v) is 8.05. The molecule has 1 N–H and O–H groups in total. The summed E-state index contributed by atoms with van der Waals surface area (Å²) in [5.74, 6) is 1.12. The molecule has 0 saturated carbocycles. The number of halogens is 1. The minimum Gasteiger partial charge on any atom is -0.370 e. The molecule has 0 amide bonds. The van der Waals surface area contributed by atoms with Gasteiger partial charge < -0.3 is 5.32 Å². The predicted octanol–water partition coefficient (Wildman–Crippen LogP) is 2.68. The molecule has 0 saturated heterocycles. The third kappa shape index (κ3) is 3.87. The molecule has 0 aromatic carbocycles. The Hall–Kier alpha value is -1.12. The molecular weight excluding hydrogens is 167 g/mol. The second-order valence-corrected chi connectivity index (χ2v) is 3.47. The first-order valence-electron chi connectivity index (χ1n) is 4.54. The van der Waals surface area contributed by atoms with E-state index in [2.05, 4.69) is 24.1 Å². The molecule has 0 aliphatic carbocycles. The van der Waals surface area contributed by atoms with Gasteiger partial charge in [-0.15, -0.1) is 0 Å². The van der Waals surface area contributed by atoms with Crippen LogP contribution in [0.5, 0.6) is 0 Å². The van der Waals surface area contributed by atoms with Crippen LogP contribution in [-0.2, 0) is 0 Å². The molecular formula is C10H15FN2. The Labute approximate surface area is 78.2 Å². The zero-order chi connectivity index (χ0) is 9.68. The van der Waals surface area contributed by atoms with E-state index in [0.29, 0.717) is 5.92 Å². The maximum atomic E-state index is 12.4. The summed E-state index contributed by atoms with van der Waals surface area (Å²) < 4.78 is 12.4. The lowest BCUT2D eigenvalue weighted by atomic mass is 10.1. The highest BCUT2D eigenvalue weighted by Gasteiger charge is 1.95. The van der Waals surface area contributed by atoms with Crippen molar-refractivity contribution < 1.29 is 4.39 Å². The summed E-state index contributed by atoms with van der Waals surface area (Å²) in [6.45, 7) is 5.22. The van der Waals surface area contributed by atoms with Gasteiger partial charge in [-0.2, -0.15) is 0 Å². The minimum absolute atomic E-state index is 0.297. The number of hydrogen-bond donors (Lipinski definition) is 1. The van der Waals surface area contributed by atoms with E-state index in [9.17, 15) is 4.39 Å². The van der Waals surface area contributed by atoms with E-state index in [1.165, 1.54) is 12.3 Å². The van der Waals surface area contributed by atoms with Crippen molar-refractivity contribution in [2.75, 3.05) is 11.9 Å². The molecule has 1 aromatic rings. The van der Waals surface area contributed by atoms with Crippen molar-refractivity contribution in [1.82, 2.24) is 4.98 Å². The molecule has 1 rings (SSSR count). The summed E-state index contributed by atoms with van der Waals surface area (Å²) in [6, 6.07) is 3.06. The number of anilines is 1. The van der Waals surface area contributed by atoms with Gasteiger partial charge in [-0.3, -0.25) is 0 Å². The Bertz CT molecular complexity index is 244. The third-order valence-corrected chi connectivity index (χ3v) is 1.76. The van der Waals surface area contributed by atoms with Crippen molar-refractivity contribution in [1.29, 1.82) is 0 Å². The fraction of sp³-hybridized carbons (Fsp3) is 0.500. The van der Waals surface area contributed by atoms with Crippen LogP contribution in [0.4, 0.5) is 10.2 Å². The largest absolute Gasteiger partial charge is 0.370 e. The van der Waals surface area contributed by atoms with Gasteiger partial charge in [0.15, 0.2) is 0 Å². The Morgan fingerprint density at radius 1 is 1.46 bits per heavy atom. The quantitative estimate of drug-likeness (QED) is 0.774. The van der Waals surface area contributed by atoms with E-state index in [0.717, 1.165) is 18.8 Å². The van der Waals surface area contributed by atoms with E-state index in [1.54, 1.807) is 6.07 Å². The van der Waals surface area contributed by atoms with Crippen molar-refractivity contribution in [2.24, 2.45) is 5.92 Å². The lowest BCUT2D eigenvalue weighted by molar-refractivity contribution is 0.605. The van der Waals surface area contributed by atoms with Crippen molar-refractivity contribution in [3.05, 3.63) is 24.1 Å². The fourth-order valence-corrected chi connectivity index (χ4v) is 0.969. The molecule has 72 valence electrons. The lowest BCUT2D eigenvalue weighted by Gasteiger charge is -2.06. The smallest absolute Gasteiger partial charge is 0.141 e. The number of nitrogens with one attached hydrogen (secondary N) is 1. The Morgan fingerprint density at radius 3 is 2.77 bits per heavy atom. The van der Waals surface area contributed by atoms with Crippen LogP contribution < -0.4 is 5.32 Å². The van der Waals surface area contributed by atoms with E-state index >= 15 is 0 Å². The summed E-state index contributed by atoms with van der Waals surface area (Å²) in [4.78, 5) is 3.89. The summed E-state index contributed by atoms with van der Waals surface area (Å²) in [5, 5.41) is 3.13. The van der Waals surface area contributed by atoms with Gasteiger partial charge in [-0.25, -0.2) is 9.37 Å². The molecule has 0 unspecified atom stereocenters. The molecule has 0 aliphatic heterocycles. The van der Waals surface area contributed by atoms with Crippen LogP contribution in [0.15, 0.2) is 18.3 Å². The van der Waals surface area contributed by atoms with Gasteiger partial charge in [-0.1, -0.05) is 13.8 Å². The molecule has 0 atom stereocenters. The molecule has 0 fully saturated rings. The van der Waals surface area contributed by atoms with Crippen LogP contribution in [0.1, 0.15) is 20.3 Å². The van der Waals surface area contributed by atoms with Gasteiger partial charge in [0.05, 0.1) is 6.20 Å². The van der Waals surface area contributed by atoms with Gasteiger partial charge in [0.1, 0.15) is 11.6 Å². The maximum Gasteiger partial charge on any atom is 0.141 e. The molecule has 0 radical (unpaired) electrons. The second kappa shape index (κ2) is 4.80. The molecule has 0 spiro atoms. The summed E-state index contributed by atoms with van der Waals surface area (Å²) in [7, 11) is 0. The minimum atomic E-state index is -0.297. The number of rotatable bonds is 4. The monoisotopic (exact) mass is 182 g/mol. The van der Waals surface area contributed by atoms with Crippen LogP contribution in [0.2, 0.25) is 0 Å². The Kier molecular flexibility index (Phi) is 3.68. The van der Waals surface area contributed by atoms with Crippen molar-refractivity contribution in [3.8, 4) is 0 Å². The van der Waals surface area contributed by atoms with Crippen LogP contribution in [-0.4, -0.2) is 11.5 Å². The van der Waals surface area contributed by atoms with Crippen molar-refractivity contribution in [2.45, 2.75) is 20.3 Å². The summed E-state index contributed by atoms with van der Waals surface area (Å²) in [5.41, 5.74) is 0.